The second-order valence-electron chi connectivity index (χ2n) is 4.50. The summed E-state index contributed by atoms with van der Waals surface area (Å²) < 4.78 is 11.0. The Hall–Kier alpha value is -0.600. The lowest BCUT2D eigenvalue weighted by Crippen LogP contribution is -2.45. The van der Waals surface area contributed by atoms with E-state index in [0.717, 1.165) is 39.0 Å². The highest BCUT2D eigenvalue weighted by Gasteiger charge is 2.19. The van der Waals surface area contributed by atoms with Crippen molar-refractivity contribution >= 4 is 0 Å². The maximum absolute atomic E-state index is 5.51. The van der Waals surface area contributed by atoms with Crippen molar-refractivity contribution in [3.05, 3.63) is 0 Å². The van der Waals surface area contributed by atoms with Crippen molar-refractivity contribution < 1.29 is 9.47 Å². The van der Waals surface area contributed by atoms with Crippen LogP contribution in [0.3, 0.4) is 0 Å². The van der Waals surface area contributed by atoms with E-state index in [1.54, 1.807) is 0 Å². The van der Waals surface area contributed by atoms with E-state index in [9.17, 15) is 0 Å². The number of hydrogen-bond acceptors (Lipinski definition) is 4. The average Bonchev–Trinajstić information content (AvgIpc) is 2.38. The second kappa shape index (κ2) is 9.35. The minimum atomic E-state index is -0.122. The molecule has 1 rings (SSSR count). The van der Waals surface area contributed by atoms with Crippen molar-refractivity contribution in [3.8, 4) is 12.3 Å². The Morgan fingerprint density at radius 3 is 2.39 bits per heavy atom. The molecule has 0 aliphatic carbocycles. The van der Waals surface area contributed by atoms with Gasteiger partial charge >= 0.3 is 0 Å². The zero-order valence-corrected chi connectivity index (χ0v) is 11.7. The van der Waals surface area contributed by atoms with Gasteiger partial charge in [0.2, 0.25) is 0 Å². The highest BCUT2D eigenvalue weighted by molar-refractivity contribution is 4.90. The molecule has 0 amide bonds. The molecule has 0 radical (unpaired) electrons. The summed E-state index contributed by atoms with van der Waals surface area (Å²) in [5, 5.41) is 3.53. The molecule has 1 saturated heterocycles. The molecule has 104 valence electrons. The molecule has 18 heavy (non-hydrogen) atoms. The fourth-order valence-electron chi connectivity index (χ4n) is 2.22. The molecule has 1 N–H and O–H groups in total. The molecule has 0 bridgehead atoms. The van der Waals surface area contributed by atoms with E-state index in [2.05, 4.69) is 16.1 Å². The van der Waals surface area contributed by atoms with E-state index in [4.69, 9.17) is 15.9 Å². The van der Waals surface area contributed by atoms with Crippen LogP contribution in [0.4, 0.5) is 0 Å². The van der Waals surface area contributed by atoms with Gasteiger partial charge in [0.1, 0.15) is 0 Å². The molecule has 1 heterocycles. The van der Waals surface area contributed by atoms with Gasteiger partial charge in [0.25, 0.3) is 0 Å². The number of nitrogens with one attached hydrogen (secondary N) is 1. The fraction of sp³-hybridized carbons (Fsp3) is 0.857. The van der Waals surface area contributed by atoms with Gasteiger partial charge in [-0.05, 0) is 26.7 Å². The predicted octanol–water partition coefficient (Wildman–Crippen LogP) is 1.07. The van der Waals surface area contributed by atoms with E-state index in [1.807, 2.05) is 13.8 Å². The monoisotopic (exact) mass is 254 g/mol. The molecule has 0 spiro atoms. The summed E-state index contributed by atoms with van der Waals surface area (Å²) in [4.78, 5) is 2.32. The average molecular weight is 254 g/mol. The minimum Gasteiger partial charge on any atom is -0.352 e. The van der Waals surface area contributed by atoms with E-state index < -0.39 is 0 Å². The molecule has 1 aliphatic heterocycles. The minimum absolute atomic E-state index is 0.122. The molecule has 0 atom stereocenters. The van der Waals surface area contributed by atoms with Crippen molar-refractivity contribution in [3.63, 3.8) is 0 Å². The summed E-state index contributed by atoms with van der Waals surface area (Å²) in [6.45, 7) is 9.05. The van der Waals surface area contributed by atoms with Gasteiger partial charge in [-0.3, -0.25) is 4.90 Å². The van der Waals surface area contributed by atoms with Gasteiger partial charge < -0.3 is 14.8 Å². The van der Waals surface area contributed by atoms with Crippen LogP contribution in [0.1, 0.15) is 26.7 Å². The molecule has 0 aromatic heterocycles. The molecular formula is C14H26N2O2. The summed E-state index contributed by atoms with van der Waals surface area (Å²) in [5.74, 6) is 2.70. The summed E-state index contributed by atoms with van der Waals surface area (Å²) >= 11 is 0. The maximum atomic E-state index is 5.51. The van der Waals surface area contributed by atoms with Crippen molar-refractivity contribution in [2.45, 2.75) is 39.0 Å². The Kier molecular flexibility index (Phi) is 8.03. The van der Waals surface area contributed by atoms with Crippen LogP contribution in [0.25, 0.3) is 0 Å². The molecule has 0 aromatic rings. The summed E-state index contributed by atoms with van der Waals surface area (Å²) in [5.41, 5.74) is 0. The van der Waals surface area contributed by atoms with Crippen LogP contribution in [0.5, 0.6) is 0 Å². The maximum Gasteiger partial charge on any atom is 0.169 e. The zero-order valence-electron chi connectivity index (χ0n) is 11.7. The SMILES string of the molecule is C#CCN1CCC(NCC(OCC)OCC)CC1. The number of likely N-dealkylation sites (tertiary alicyclic amines) is 1. The largest absolute Gasteiger partial charge is 0.352 e. The summed E-state index contributed by atoms with van der Waals surface area (Å²) in [7, 11) is 0. The van der Waals surface area contributed by atoms with Crippen molar-refractivity contribution in [2.75, 3.05) is 39.4 Å². The van der Waals surface area contributed by atoms with E-state index in [-0.39, 0.29) is 6.29 Å². The third kappa shape index (κ3) is 5.83. The van der Waals surface area contributed by atoms with Crippen LogP contribution in [-0.2, 0) is 9.47 Å². The van der Waals surface area contributed by atoms with Crippen LogP contribution in [-0.4, -0.2) is 56.6 Å². The molecular weight excluding hydrogens is 228 g/mol. The number of terminal acetylenes is 1. The first-order chi connectivity index (χ1) is 8.80. The normalized spacial score (nSPS) is 18.1. The lowest BCUT2D eigenvalue weighted by Gasteiger charge is -2.32. The van der Waals surface area contributed by atoms with Gasteiger partial charge in [0.15, 0.2) is 6.29 Å². The fourth-order valence-corrected chi connectivity index (χ4v) is 2.22. The Morgan fingerprint density at radius 1 is 1.28 bits per heavy atom. The van der Waals surface area contributed by atoms with Gasteiger partial charge in [-0.25, -0.2) is 0 Å². The molecule has 1 aliphatic rings. The Balaban J connectivity index is 2.17. The summed E-state index contributed by atoms with van der Waals surface area (Å²) in [6, 6.07) is 0.558. The quantitative estimate of drug-likeness (QED) is 0.519. The first-order valence-electron chi connectivity index (χ1n) is 6.92. The number of nitrogens with zero attached hydrogens (tertiary/aromatic N) is 1. The number of rotatable bonds is 8. The van der Waals surface area contributed by atoms with Crippen LogP contribution in [0.15, 0.2) is 0 Å². The Morgan fingerprint density at radius 2 is 1.89 bits per heavy atom. The van der Waals surface area contributed by atoms with Crippen LogP contribution < -0.4 is 5.32 Å². The number of piperidine rings is 1. The van der Waals surface area contributed by atoms with E-state index in [1.165, 1.54) is 0 Å². The van der Waals surface area contributed by atoms with Crippen LogP contribution in [0.2, 0.25) is 0 Å². The third-order valence-corrected chi connectivity index (χ3v) is 3.18. The highest BCUT2D eigenvalue weighted by Crippen LogP contribution is 2.09. The molecule has 4 nitrogen and oxygen atoms in total. The lowest BCUT2D eigenvalue weighted by atomic mass is 10.1. The van der Waals surface area contributed by atoms with Gasteiger partial charge in [0.05, 0.1) is 6.54 Å². The molecule has 0 saturated carbocycles. The number of ether oxygens (including phenoxy) is 2. The van der Waals surface area contributed by atoms with E-state index in [0.29, 0.717) is 19.3 Å². The smallest absolute Gasteiger partial charge is 0.169 e. The molecule has 1 fully saturated rings. The van der Waals surface area contributed by atoms with Crippen LogP contribution >= 0.6 is 0 Å². The standard InChI is InChI=1S/C14H26N2O2/c1-4-9-16-10-7-13(8-11-16)15-12-14(17-5-2)18-6-3/h1,13-15H,5-12H2,2-3H3. The first-order valence-corrected chi connectivity index (χ1v) is 6.92. The lowest BCUT2D eigenvalue weighted by molar-refractivity contribution is -0.134. The van der Waals surface area contributed by atoms with Crippen molar-refractivity contribution in [2.24, 2.45) is 0 Å². The second-order valence-corrected chi connectivity index (χ2v) is 4.50. The van der Waals surface area contributed by atoms with E-state index >= 15 is 0 Å². The van der Waals surface area contributed by atoms with Crippen molar-refractivity contribution in [1.29, 1.82) is 0 Å². The third-order valence-electron chi connectivity index (χ3n) is 3.18. The predicted molar refractivity (Wildman–Crippen MR) is 73.3 cm³/mol. The summed E-state index contributed by atoms with van der Waals surface area (Å²) in [6.07, 6.45) is 7.49. The topological polar surface area (TPSA) is 33.7 Å². The van der Waals surface area contributed by atoms with Gasteiger partial charge in [-0.1, -0.05) is 5.92 Å². The Labute approximate surface area is 111 Å². The zero-order chi connectivity index (χ0) is 13.2. The molecule has 4 heteroatoms. The van der Waals surface area contributed by atoms with Gasteiger partial charge in [0, 0.05) is 38.9 Å². The molecule has 0 aromatic carbocycles. The van der Waals surface area contributed by atoms with Gasteiger partial charge in [-0.2, -0.15) is 0 Å². The highest BCUT2D eigenvalue weighted by atomic mass is 16.7. The Bertz CT molecular complexity index is 239. The van der Waals surface area contributed by atoms with Crippen molar-refractivity contribution in [1.82, 2.24) is 10.2 Å². The molecule has 0 unspecified atom stereocenters. The van der Waals surface area contributed by atoms with Gasteiger partial charge in [-0.15, -0.1) is 6.42 Å². The first kappa shape index (κ1) is 15.5. The van der Waals surface area contributed by atoms with Crippen LogP contribution in [0, 0.1) is 12.3 Å². The number of hydrogen-bond donors (Lipinski definition) is 1.